The number of aliphatic hydroxyl groups excluding tert-OH is 1. The maximum Gasteiger partial charge on any atom is 0.243 e. The van der Waals surface area contributed by atoms with Crippen LogP contribution in [0.2, 0.25) is 0 Å². The molecule has 122 valence electrons. The predicted molar refractivity (Wildman–Crippen MR) is 81.7 cm³/mol. The first-order valence-electron chi connectivity index (χ1n) is 8.12. The average Bonchev–Trinajstić information content (AvgIpc) is 2.46. The number of hydrogen-bond donors (Lipinski definition) is 2. The summed E-state index contributed by atoms with van der Waals surface area (Å²) in [6.07, 6.45) is 2.08. The van der Waals surface area contributed by atoms with E-state index < -0.39 is 5.54 Å². The molecule has 21 heavy (non-hydrogen) atoms. The smallest absolute Gasteiger partial charge is 0.243 e. The molecule has 1 heterocycles. The van der Waals surface area contributed by atoms with Gasteiger partial charge in [0.1, 0.15) is 5.54 Å². The highest BCUT2D eigenvalue weighted by Crippen LogP contribution is 2.50. The highest BCUT2D eigenvalue weighted by Gasteiger charge is 2.63. The second-order valence-corrected chi connectivity index (χ2v) is 7.21. The van der Waals surface area contributed by atoms with E-state index in [1.807, 2.05) is 32.6 Å². The number of carbonyl (C=O) groups excluding carboxylic acids is 1. The van der Waals surface area contributed by atoms with Gasteiger partial charge in [-0.2, -0.15) is 0 Å². The zero-order valence-electron chi connectivity index (χ0n) is 13.8. The highest BCUT2D eigenvalue weighted by molar-refractivity contribution is 5.89. The normalized spacial score (nSPS) is 34.4. The molecule has 3 atom stereocenters. The van der Waals surface area contributed by atoms with Crippen LogP contribution in [-0.2, 0) is 9.53 Å². The van der Waals surface area contributed by atoms with Crippen LogP contribution in [0.3, 0.4) is 0 Å². The van der Waals surface area contributed by atoms with Crippen molar-refractivity contribution in [2.45, 2.75) is 64.7 Å². The first-order valence-corrected chi connectivity index (χ1v) is 8.12. The zero-order valence-corrected chi connectivity index (χ0v) is 13.8. The van der Waals surface area contributed by atoms with Gasteiger partial charge in [0.05, 0.1) is 12.2 Å². The molecule has 2 rings (SSSR count). The molecule has 0 aromatic carbocycles. The summed E-state index contributed by atoms with van der Waals surface area (Å²) in [5.74, 6) is 0.348. The van der Waals surface area contributed by atoms with Crippen LogP contribution in [0.5, 0.6) is 0 Å². The van der Waals surface area contributed by atoms with Gasteiger partial charge in [0.25, 0.3) is 0 Å². The number of rotatable bonds is 4. The molecule has 0 aromatic heterocycles. The lowest BCUT2D eigenvalue weighted by atomic mass is 9.54. The van der Waals surface area contributed by atoms with Crippen molar-refractivity contribution in [3.8, 4) is 0 Å². The van der Waals surface area contributed by atoms with Crippen LogP contribution in [0.4, 0.5) is 0 Å². The van der Waals surface area contributed by atoms with Gasteiger partial charge in [-0.15, -0.1) is 0 Å². The standard InChI is InChI=1S/C16H30N2O3/c1-5-21-13-10-16(17,15(13,3)4)14(20)18-8-6-12(7-9-18)11(2)19/h11-13,19H,5-10,17H2,1-4H3. The summed E-state index contributed by atoms with van der Waals surface area (Å²) in [5, 5.41) is 9.65. The third-order valence-corrected chi connectivity index (χ3v) is 5.72. The zero-order chi connectivity index (χ0) is 15.8. The summed E-state index contributed by atoms with van der Waals surface area (Å²) in [7, 11) is 0. The second-order valence-electron chi connectivity index (χ2n) is 7.21. The Morgan fingerprint density at radius 1 is 1.43 bits per heavy atom. The van der Waals surface area contributed by atoms with Crippen LogP contribution in [0.25, 0.3) is 0 Å². The number of nitrogens with zero attached hydrogens (tertiary/aromatic N) is 1. The van der Waals surface area contributed by atoms with Crippen molar-refractivity contribution in [2.24, 2.45) is 17.1 Å². The van der Waals surface area contributed by atoms with Gasteiger partial charge in [-0.3, -0.25) is 4.79 Å². The Morgan fingerprint density at radius 2 is 2.00 bits per heavy atom. The molecule has 1 amide bonds. The summed E-state index contributed by atoms with van der Waals surface area (Å²) in [5.41, 5.74) is 5.30. The highest BCUT2D eigenvalue weighted by atomic mass is 16.5. The molecule has 0 bridgehead atoms. The van der Waals surface area contributed by atoms with Gasteiger partial charge in [0.15, 0.2) is 0 Å². The molecular weight excluding hydrogens is 268 g/mol. The quantitative estimate of drug-likeness (QED) is 0.816. The maximum atomic E-state index is 12.8. The van der Waals surface area contributed by atoms with E-state index in [1.54, 1.807) is 0 Å². The van der Waals surface area contributed by atoms with E-state index in [2.05, 4.69) is 0 Å². The van der Waals surface area contributed by atoms with E-state index in [-0.39, 0.29) is 23.5 Å². The molecule has 1 aliphatic heterocycles. The SMILES string of the molecule is CCOC1CC(N)(C(=O)N2CCC(C(C)O)CC2)C1(C)C. The summed E-state index contributed by atoms with van der Waals surface area (Å²) in [4.78, 5) is 14.7. The molecule has 1 saturated heterocycles. The van der Waals surface area contributed by atoms with Crippen LogP contribution in [0.1, 0.15) is 47.0 Å². The molecule has 5 heteroatoms. The number of likely N-dealkylation sites (tertiary alicyclic amines) is 1. The predicted octanol–water partition coefficient (Wildman–Crippen LogP) is 1.14. The van der Waals surface area contributed by atoms with E-state index in [9.17, 15) is 9.90 Å². The lowest BCUT2D eigenvalue weighted by Crippen LogP contribution is -2.76. The largest absolute Gasteiger partial charge is 0.393 e. The van der Waals surface area contributed by atoms with Crippen LogP contribution in [-0.4, -0.2) is 53.4 Å². The van der Waals surface area contributed by atoms with E-state index >= 15 is 0 Å². The Labute approximate surface area is 127 Å². The molecule has 1 aliphatic carbocycles. The average molecular weight is 298 g/mol. The van der Waals surface area contributed by atoms with Crippen molar-refractivity contribution in [3.63, 3.8) is 0 Å². The second kappa shape index (κ2) is 5.86. The van der Waals surface area contributed by atoms with Gasteiger partial charge >= 0.3 is 0 Å². The first-order chi connectivity index (χ1) is 9.74. The summed E-state index contributed by atoms with van der Waals surface area (Å²) >= 11 is 0. The molecule has 2 aliphatic rings. The minimum absolute atomic E-state index is 0.0486. The lowest BCUT2D eigenvalue weighted by molar-refractivity contribution is -0.180. The van der Waals surface area contributed by atoms with Crippen molar-refractivity contribution >= 4 is 5.91 Å². The van der Waals surface area contributed by atoms with Crippen LogP contribution >= 0.6 is 0 Å². The van der Waals surface area contributed by atoms with E-state index in [0.717, 1.165) is 12.8 Å². The Kier molecular flexibility index (Phi) is 4.66. The van der Waals surface area contributed by atoms with E-state index in [0.29, 0.717) is 32.0 Å². The van der Waals surface area contributed by atoms with Crippen molar-refractivity contribution in [3.05, 3.63) is 0 Å². The fraction of sp³-hybridized carbons (Fsp3) is 0.938. The molecule has 0 radical (unpaired) electrons. The van der Waals surface area contributed by atoms with Crippen LogP contribution in [0.15, 0.2) is 0 Å². The number of hydrogen-bond acceptors (Lipinski definition) is 4. The first kappa shape index (κ1) is 16.7. The van der Waals surface area contributed by atoms with Crippen molar-refractivity contribution in [2.75, 3.05) is 19.7 Å². The van der Waals surface area contributed by atoms with Gasteiger partial charge in [-0.1, -0.05) is 13.8 Å². The molecule has 3 unspecified atom stereocenters. The van der Waals surface area contributed by atoms with Crippen LogP contribution in [0, 0.1) is 11.3 Å². The minimum atomic E-state index is -0.815. The van der Waals surface area contributed by atoms with E-state index in [4.69, 9.17) is 10.5 Å². The van der Waals surface area contributed by atoms with Gasteiger partial charge in [-0.25, -0.2) is 0 Å². The molecule has 0 spiro atoms. The van der Waals surface area contributed by atoms with Crippen LogP contribution < -0.4 is 5.73 Å². The molecule has 3 N–H and O–H groups in total. The Bertz CT molecular complexity index is 389. The number of nitrogens with two attached hydrogens (primary N) is 1. The van der Waals surface area contributed by atoms with Gasteiger partial charge in [0.2, 0.25) is 5.91 Å². The Morgan fingerprint density at radius 3 is 2.43 bits per heavy atom. The third kappa shape index (κ3) is 2.71. The summed E-state index contributed by atoms with van der Waals surface area (Å²) < 4.78 is 5.69. The fourth-order valence-electron chi connectivity index (χ4n) is 3.67. The summed E-state index contributed by atoms with van der Waals surface area (Å²) in [6, 6.07) is 0. The van der Waals surface area contributed by atoms with Gasteiger partial charge in [0, 0.05) is 31.5 Å². The Hall–Kier alpha value is -0.650. The van der Waals surface area contributed by atoms with Gasteiger partial charge < -0.3 is 20.5 Å². The monoisotopic (exact) mass is 298 g/mol. The molecule has 5 nitrogen and oxygen atoms in total. The number of aliphatic hydroxyl groups is 1. The van der Waals surface area contributed by atoms with Crippen molar-refractivity contribution in [1.29, 1.82) is 0 Å². The third-order valence-electron chi connectivity index (χ3n) is 5.72. The van der Waals surface area contributed by atoms with Gasteiger partial charge in [-0.05, 0) is 32.6 Å². The van der Waals surface area contributed by atoms with Crippen molar-refractivity contribution < 1.29 is 14.6 Å². The molecule has 2 fully saturated rings. The maximum absolute atomic E-state index is 12.8. The number of piperidine rings is 1. The molecule has 0 aromatic rings. The molecular formula is C16H30N2O3. The van der Waals surface area contributed by atoms with E-state index in [1.165, 1.54) is 0 Å². The number of carbonyl (C=O) groups is 1. The Balaban J connectivity index is 1.98. The minimum Gasteiger partial charge on any atom is -0.393 e. The molecule has 1 saturated carbocycles. The lowest BCUT2D eigenvalue weighted by Gasteiger charge is -2.59. The fourth-order valence-corrected chi connectivity index (χ4v) is 3.67. The topological polar surface area (TPSA) is 75.8 Å². The number of amides is 1. The number of ether oxygens (including phenoxy) is 1. The van der Waals surface area contributed by atoms with Crippen molar-refractivity contribution in [1.82, 2.24) is 4.90 Å². The summed E-state index contributed by atoms with van der Waals surface area (Å²) in [6.45, 7) is 9.89.